The summed E-state index contributed by atoms with van der Waals surface area (Å²) in [6, 6.07) is 19.1. The van der Waals surface area contributed by atoms with E-state index in [0.29, 0.717) is 12.1 Å². The Hall–Kier alpha value is -2.84. The number of anilines is 1. The zero-order valence-corrected chi connectivity index (χ0v) is 22.6. The molecule has 0 aromatic heterocycles. The predicted octanol–water partition coefficient (Wildman–Crippen LogP) is 5.68. The van der Waals surface area contributed by atoms with Gasteiger partial charge in [-0.25, -0.2) is 8.42 Å². The lowest BCUT2D eigenvalue weighted by molar-refractivity contribution is -0.120. The van der Waals surface area contributed by atoms with Gasteiger partial charge in [0.2, 0.25) is 5.91 Å². The maximum absolute atomic E-state index is 13.6. The number of nitrogens with zero attached hydrogens (tertiary/aromatic N) is 1. The molecule has 0 saturated carbocycles. The molecule has 4 rings (SSSR count). The van der Waals surface area contributed by atoms with Gasteiger partial charge in [0.25, 0.3) is 10.0 Å². The summed E-state index contributed by atoms with van der Waals surface area (Å²) in [6.45, 7) is 7.49. The number of ether oxygens (including phenoxy) is 1. The fourth-order valence-corrected chi connectivity index (χ4v) is 5.92. The molecule has 3 aromatic rings. The van der Waals surface area contributed by atoms with Crippen molar-refractivity contribution in [2.24, 2.45) is 0 Å². The molecule has 1 heterocycles. The Kier molecular flexibility index (Phi) is 6.97. The molecule has 0 bridgehead atoms. The molecule has 6 nitrogen and oxygen atoms in total. The molecule has 1 N–H and O–H groups in total. The van der Waals surface area contributed by atoms with Crippen molar-refractivity contribution in [3.8, 4) is 5.75 Å². The van der Waals surface area contributed by atoms with E-state index in [1.54, 1.807) is 48.5 Å². The van der Waals surface area contributed by atoms with Gasteiger partial charge in [-0.15, -0.1) is 0 Å². The number of hydrogen-bond acceptors (Lipinski definition) is 4. The highest BCUT2D eigenvalue weighted by Crippen LogP contribution is 2.40. The lowest BCUT2D eigenvalue weighted by Crippen LogP contribution is -2.45. The summed E-state index contributed by atoms with van der Waals surface area (Å²) in [7, 11) is -3.98. The highest BCUT2D eigenvalue weighted by molar-refractivity contribution is 9.10. The van der Waals surface area contributed by atoms with Crippen LogP contribution in [0.4, 0.5) is 5.69 Å². The molecule has 0 aliphatic carbocycles. The van der Waals surface area contributed by atoms with Crippen LogP contribution in [-0.2, 0) is 14.8 Å². The molecular formula is C27H29BrN2O4S. The average Bonchev–Trinajstić information content (AvgIpc) is 2.78. The lowest BCUT2D eigenvalue weighted by atomic mass is 9.89. The Balaban J connectivity index is 1.65. The zero-order valence-electron chi connectivity index (χ0n) is 20.2. The second kappa shape index (κ2) is 9.66. The number of halogens is 1. The van der Waals surface area contributed by atoms with Crippen LogP contribution in [0.1, 0.15) is 43.0 Å². The van der Waals surface area contributed by atoms with Crippen molar-refractivity contribution in [1.29, 1.82) is 0 Å². The van der Waals surface area contributed by atoms with E-state index in [4.69, 9.17) is 4.74 Å². The van der Waals surface area contributed by atoms with Crippen LogP contribution >= 0.6 is 15.9 Å². The van der Waals surface area contributed by atoms with Crippen molar-refractivity contribution >= 4 is 37.5 Å². The molecule has 1 atom stereocenters. The summed E-state index contributed by atoms with van der Waals surface area (Å²) >= 11 is 3.39. The first-order valence-corrected chi connectivity index (χ1v) is 13.6. The normalized spacial score (nSPS) is 16.7. The minimum atomic E-state index is -3.98. The van der Waals surface area contributed by atoms with E-state index < -0.39 is 21.5 Å². The van der Waals surface area contributed by atoms with E-state index in [-0.39, 0.29) is 17.5 Å². The van der Waals surface area contributed by atoms with Crippen molar-refractivity contribution in [2.75, 3.05) is 10.8 Å². The summed E-state index contributed by atoms with van der Waals surface area (Å²) in [6.07, 6.45) is 0.568. The fraction of sp³-hybridized carbons (Fsp3) is 0.296. The minimum absolute atomic E-state index is 0.131. The van der Waals surface area contributed by atoms with Crippen molar-refractivity contribution in [3.63, 3.8) is 0 Å². The van der Waals surface area contributed by atoms with E-state index in [2.05, 4.69) is 21.2 Å². The molecule has 35 heavy (non-hydrogen) atoms. The Bertz CT molecular complexity index is 1340. The molecule has 0 saturated heterocycles. The summed E-state index contributed by atoms with van der Waals surface area (Å²) in [4.78, 5) is 13.5. The average molecular weight is 558 g/mol. The van der Waals surface area contributed by atoms with Gasteiger partial charge in [-0.2, -0.15) is 0 Å². The topological polar surface area (TPSA) is 75.7 Å². The van der Waals surface area contributed by atoms with Crippen molar-refractivity contribution in [1.82, 2.24) is 5.32 Å². The maximum Gasteiger partial charge on any atom is 0.264 e. The number of benzene rings is 3. The first-order valence-electron chi connectivity index (χ1n) is 11.4. The summed E-state index contributed by atoms with van der Waals surface area (Å²) in [5.41, 5.74) is 2.85. The van der Waals surface area contributed by atoms with Gasteiger partial charge in [0.15, 0.2) is 0 Å². The van der Waals surface area contributed by atoms with Gasteiger partial charge in [-0.3, -0.25) is 9.10 Å². The summed E-state index contributed by atoms with van der Waals surface area (Å²) in [5.74, 6) is 0.341. The summed E-state index contributed by atoms with van der Waals surface area (Å²) in [5, 5.41) is 3.07. The second-order valence-electron chi connectivity index (χ2n) is 9.53. The number of carbonyl (C=O) groups excluding carboxylic acids is 1. The number of rotatable bonds is 6. The molecule has 0 fully saturated rings. The molecule has 0 radical (unpaired) electrons. The molecule has 184 valence electrons. The zero-order chi connectivity index (χ0) is 25.4. The molecule has 3 aromatic carbocycles. The number of fused-ring (bicyclic) bond motifs is 1. The fourth-order valence-electron chi connectivity index (χ4n) is 4.23. The van der Waals surface area contributed by atoms with Crippen LogP contribution in [0.5, 0.6) is 5.75 Å². The Morgan fingerprint density at radius 1 is 1.03 bits per heavy atom. The third-order valence-electron chi connectivity index (χ3n) is 5.97. The van der Waals surface area contributed by atoms with E-state index in [1.165, 1.54) is 0 Å². The van der Waals surface area contributed by atoms with Gasteiger partial charge >= 0.3 is 0 Å². The number of sulfonamides is 1. The lowest BCUT2D eigenvalue weighted by Gasteiger charge is -2.38. The first kappa shape index (κ1) is 25.3. The number of nitrogens with one attached hydrogen (secondary N) is 1. The maximum atomic E-state index is 13.6. The van der Waals surface area contributed by atoms with Gasteiger partial charge in [-0.1, -0.05) is 51.3 Å². The van der Waals surface area contributed by atoms with Crippen LogP contribution in [-0.4, -0.2) is 26.5 Å². The number of carbonyl (C=O) groups is 1. The highest BCUT2D eigenvalue weighted by atomic mass is 79.9. The van der Waals surface area contributed by atoms with Crippen LogP contribution in [0.25, 0.3) is 0 Å². The first-order chi connectivity index (χ1) is 16.4. The Labute approximate surface area is 215 Å². The van der Waals surface area contributed by atoms with E-state index in [0.717, 1.165) is 31.2 Å². The van der Waals surface area contributed by atoms with Crippen LogP contribution < -0.4 is 14.4 Å². The molecule has 0 spiro atoms. The standard InChI is InChI=1S/C27H29BrN2O4S/c1-18-5-12-22(13-6-18)35(32,33)30(21-10-8-20(28)9-11-21)17-26(31)29-24-16-27(3,4)34-25-14-7-19(2)15-23(24)25/h5-15,24H,16-17H2,1-4H3,(H,29,31). The number of hydrogen-bond donors (Lipinski definition) is 1. The van der Waals surface area contributed by atoms with E-state index in [9.17, 15) is 13.2 Å². The summed E-state index contributed by atoms with van der Waals surface area (Å²) < 4.78 is 35.3. The van der Waals surface area contributed by atoms with Crippen molar-refractivity contribution < 1.29 is 17.9 Å². The van der Waals surface area contributed by atoms with Gasteiger partial charge < -0.3 is 10.1 Å². The van der Waals surface area contributed by atoms with Crippen molar-refractivity contribution in [3.05, 3.63) is 87.9 Å². The SMILES string of the molecule is Cc1ccc(S(=O)(=O)N(CC(=O)NC2CC(C)(C)Oc3ccc(C)cc32)c2ccc(Br)cc2)cc1. The number of amides is 1. The second-order valence-corrected chi connectivity index (χ2v) is 12.3. The third-order valence-corrected chi connectivity index (χ3v) is 8.29. The monoisotopic (exact) mass is 556 g/mol. The van der Waals surface area contributed by atoms with E-state index >= 15 is 0 Å². The smallest absolute Gasteiger partial charge is 0.264 e. The van der Waals surface area contributed by atoms with Crippen molar-refractivity contribution in [2.45, 2.75) is 50.7 Å². The van der Waals surface area contributed by atoms with Crippen LogP contribution in [0, 0.1) is 13.8 Å². The molecule has 1 aliphatic heterocycles. The van der Waals surface area contributed by atoms with Gasteiger partial charge in [-0.05, 0) is 70.2 Å². The Morgan fingerprint density at radius 3 is 2.31 bits per heavy atom. The molecule has 1 aliphatic rings. The Morgan fingerprint density at radius 2 is 1.66 bits per heavy atom. The largest absolute Gasteiger partial charge is 0.487 e. The molecule has 1 amide bonds. The third kappa shape index (κ3) is 5.70. The molecule has 1 unspecified atom stereocenters. The highest BCUT2D eigenvalue weighted by Gasteiger charge is 2.35. The predicted molar refractivity (Wildman–Crippen MR) is 141 cm³/mol. The molecular weight excluding hydrogens is 528 g/mol. The quantitative estimate of drug-likeness (QED) is 0.423. The minimum Gasteiger partial charge on any atom is -0.487 e. The number of aryl methyl sites for hydroxylation is 2. The van der Waals surface area contributed by atoms with Crippen LogP contribution in [0.15, 0.2) is 76.1 Å². The van der Waals surface area contributed by atoms with E-state index in [1.807, 2.05) is 45.9 Å². The van der Waals surface area contributed by atoms with Gasteiger partial charge in [0, 0.05) is 16.5 Å². The molecule has 8 heteroatoms. The van der Waals surface area contributed by atoms with Crippen LogP contribution in [0.3, 0.4) is 0 Å². The van der Waals surface area contributed by atoms with Gasteiger partial charge in [0.1, 0.15) is 17.9 Å². The van der Waals surface area contributed by atoms with Crippen LogP contribution in [0.2, 0.25) is 0 Å². The van der Waals surface area contributed by atoms with Gasteiger partial charge in [0.05, 0.1) is 16.6 Å².